The van der Waals surface area contributed by atoms with E-state index in [4.69, 9.17) is 5.73 Å². The standard InChI is InChI=1S/C13H24N2O.ClH/c1-10-5-6-15(12(7-10)9-14)13(16)8-11-3-2-4-11;/h10-12H,2-9,14H2,1H3;1H. The van der Waals surface area contributed by atoms with Gasteiger partial charge in [-0.3, -0.25) is 4.79 Å². The number of piperidine rings is 1. The van der Waals surface area contributed by atoms with Crippen LogP contribution in [0.4, 0.5) is 0 Å². The fourth-order valence-electron chi connectivity index (χ4n) is 2.86. The largest absolute Gasteiger partial charge is 0.338 e. The highest BCUT2D eigenvalue weighted by Gasteiger charge is 2.31. The van der Waals surface area contributed by atoms with Crippen LogP contribution >= 0.6 is 12.4 Å². The van der Waals surface area contributed by atoms with E-state index in [1.807, 2.05) is 0 Å². The van der Waals surface area contributed by atoms with Gasteiger partial charge in [-0.05, 0) is 37.5 Å². The average molecular weight is 261 g/mol. The molecule has 0 spiro atoms. The molecule has 0 aromatic carbocycles. The van der Waals surface area contributed by atoms with Gasteiger partial charge in [-0.2, -0.15) is 0 Å². The topological polar surface area (TPSA) is 46.3 Å². The molecular weight excluding hydrogens is 236 g/mol. The first-order valence-corrected chi connectivity index (χ1v) is 6.70. The summed E-state index contributed by atoms with van der Waals surface area (Å²) in [6.07, 6.45) is 6.83. The number of halogens is 1. The van der Waals surface area contributed by atoms with Gasteiger partial charge in [-0.15, -0.1) is 12.4 Å². The van der Waals surface area contributed by atoms with E-state index in [0.717, 1.165) is 31.7 Å². The molecule has 0 aromatic heterocycles. The number of amides is 1. The zero-order valence-corrected chi connectivity index (χ0v) is 11.5. The maximum absolute atomic E-state index is 12.1. The van der Waals surface area contributed by atoms with Crippen LogP contribution in [0.25, 0.3) is 0 Å². The van der Waals surface area contributed by atoms with Gasteiger partial charge in [-0.1, -0.05) is 13.3 Å². The SMILES string of the molecule is CC1CCN(C(=O)CC2CCC2)C(CN)C1.Cl. The van der Waals surface area contributed by atoms with Crippen LogP contribution in [-0.4, -0.2) is 29.9 Å². The van der Waals surface area contributed by atoms with Crippen LogP contribution in [0.15, 0.2) is 0 Å². The van der Waals surface area contributed by atoms with Crippen molar-refractivity contribution in [3.63, 3.8) is 0 Å². The molecule has 1 aliphatic carbocycles. The highest BCUT2D eigenvalue weighted by molar-refractivity contribution is 5.85. The van der Waals surface area contributed by atoms with E-state index in [1.165, 1.54) is 19.3 Å². The van der Waals surface area contributed by atoms with E-state index >= 15 is 0 Å². The summed E-state index contributed by atoms with van der Waals surface area (Å²) in [6, 6.07) is 0.302. The summed E-state index contributed by atoms with van der Waals surface area (Å²) in [5.74, 6) is 1.75. The van der Waals surface area contributed by atoms with Crippen molar-refractivity contribution < 1.29 is 4.79 Å². The predicted octanol–water partition coefficient (Wildman–Crippen LogP) is 2.18. The van der Waals surface area contributed by atoms with Crippen molar-refractivity contribution in [2.45, 2.75) is 51.5 Å². The fourth-order valence-corrected chi connectivity index (χ4v) is 2.86. The molecular formula is C13H25ClN2O. The minimum Gasteiger partial charge on any atom is -0.338 e. The van der Waals surface area contributed by atoms with Crippen molar-refractivity contribution in [1.29, 1.82) is 0 Å². The number of carbonyl (C=O) groups excluding carboxylic acids is 1. The van der Waals surface area contributed by atoms with Crippen LogP contribution < -0.4 is 5.73 Å². The van der Waals surface area contributed by atoms with Gasteiger partial charge in [0.25, 0.3) is 0 Å². The molecule has 17 heavy (non-hydrogen) atoms. The Morgan fingerprint density at radius 3 is 2.59 bits per heavy atom. The van der Waals surface area contributed by atoms with Crippen molar-refractivity contribution >= 4 is 18.3 Å². The molecule has 2 N–H and O–H groups in total. The number of nitrogens with two attached hydrogens (primary N) is 1. The van der Waals surface area contributed by atoms with Crippen molar-refractivity contribution in [3.8, 4) is 0 Å². The van der Waals surface area contributed by atoms with E-state index in [-0.39, 0.29) is 12.4 Å². The van der Waals surface area contributed by atoms with Crippen LogP contribution in [0.1, 0.15) is 45.4 Å². The van der Waals surface area contributed by atoms with Crippen molar-refractivity contribution in [2.24, 2.45) is 17.6 Å². The molecule has 3 nitrogen and oxygen atoms in total. The normalized spacial score (nSPS) is 29.4. The molecule has 1 saturated carbocycles. The van der Waals surface area contributed by atoms with Crippen molar-refractivity contribution in [1.82, 2.24) is 4.90 Å². The maximum Gasteiger partial charge on any atom is 0.223 e. The molecule has 2 rings (SSSR count). The third kappa shape index (κ3) is 3.59. The average Bonchev–Trinajstić information content (AvgIpc) is 2.23. The summed E-state index contributed by atoms with van der Waals surface area (Å²) in [6.45, 7) is 3.81. The number of nitrogens with zero attached hydrogens (tertiary/aromatic N) is 1. The lowest BCUT2D eigenvalue weighted by Crippen LogP contribution is -2.49. The molecule has 1 amide bonds. The summed E-state index contributed by atoms with van der Waals surface area (Å²) in [5, 5.41) is 0. The Balaban J connectivity index is 0.00000144. The second kappa shape index (κ2) is 6.60. The number of likely N-dealkylation sites (tertiary alicyclic amines) is 1. The lowest BCUT2D eigenvalue weighted by atomic mass is 9.82. The zero-order chi connectivity index (χ0) is 11.5. The quantitative estimate of drug-likeness (QED) is 0.846. The van der Waals surface area contributed by atoms with Gasteiger partial charge >= 0.3 is 0 Å². The second-order valence-electron chi connectivity index (χ2n) is 5.61. The van der Waals surface area contributed by atoms with Gasteiger partial charge < -0.3 is 10.6 Å². The maximum atomic E-state index is 12.1. The van der Waals surface area contributed by atoms with E-state index in [2.05, 4.69) is 11.8 Å². The molecule has 4 heteroatoms. The van der Waals surface area contributed by atoms with E-state index in [9.17, 15) is 4.79 Å². The Bertz CT molecular complexity index is 256. The van der Waals surface area contributed by atoms with Gasteiger partial charge in [0.15, 0.2) is 0 Å². The van der Waals surface area contributed by atoms with Crippen molar-refractivity contribution in [3.05, 3.63) is 0 Å². The van der Waals surface area contributed by atoms with Gasteiger partial charge in [0.05, 0.1) is 0 Å². The van der Waals surface area contributed by atoms with Crippen molar-refractivity contribution in [2.75, 3.05) is 13.1 Å². The van der Waals surface area contributed by atoms with Crippen LogP contribution in [0, 0.1) is 11.8 Å². The number of hydrogen-bond acceptors (Lipinski definition) is 2. The van der Waals surface area contributed by atoms with Crippen LogP contribution in [0.3, 0.4) is 0 Å². The smallest absolute Gasteiger partial charge is 0.223 e. The first-order valence-electron chi connectivity index (χ1n) is 6.70. The summed E-state index contributed by atoms with van der Waals surface area (Å²) in [4.78, 5) is 14.2. The highest BCUT2D eigenvalue weighted by Crippen LogP contribution is 2.31. The Labute approximate surface area is 111 Å². The zero-order valence-electron chi connectivity index (χ0n) is 10.7. The molecule has 100 valence electrons. The summed E-state index contributed by atoms with van der Waals surface area (Å²) < 4.78 is 0. The Morgan fingerprint density at radius 1 is 1.35 bits per heavy atom. The molecule has 0 bridgehead atoms. The van der Waals surface area contributed by atoms with Gasteiger partial charge in [0, 0.05) is 25.6 Å². The molecule has 1 aliphatic heterocycles. The predicted molar refractivity (Wildman–Crippen MR) is 72.2 cm³/mol. The molecule has 1 heterocycles. The monoisotopic (exact) mass is 260 g/mol. The van der Waals surface area contributed by atoms with Gasteiger partial charge in [-0.25, -0.2) is 0 Å². The Hall–Kier alpha value is -0.280. The molecule has 2 atom stereocenters. The first-order chi connectivity index (χ1) is 7.70. The molecule has 2 unspecified atom stereocenters. The van der Waals surface area contributed by atoms with Gasteiger partial charge in [0.2, 0.25) is 5.91 Å². The molecule has 0 aromatic rings. The highest BCUT2D eigenvalue weighted by atomic mass is 35.5. The Kier molecular flexibility index (Phi) is 5.74. The molecule has 1 saturated heterocycles. The molecule has 2 fully saturated rings. The third-order valence-corrected chi connectivity index (χ3v) is 4.26. The second-order valence-corrected chi connectivity index (χ2v) is 5.61. The Morgan fingerprint density at radius 2 is 2.06 bits per heavy atom. The number of hydrogen-bond donors (Lipinski definition) is 1. The molecule has 2 aliphatic rings. The third-order valence-electron chi connectivity index (χ3n) is 4.26. The van der Waals surface area contributed by atoms with Crippen LogP contribution in [0.5, 0.6) is 0 Å². The number of carbonyl (C=O) groups is 1. The lowest BCUT2D eigenvalue weighted by Gasteiger charge is -2.39. The summed E-state index contributed by atoms with van der Waals surface area (Å²) in [5.41, 5.74) is 5.78. The first kappa shape index (κ1) is 14.8. The summed E-state index contributed by atoms with van der Waals surface area (Å²) >= 11 is 0. The fraction of sp³-hybridized carbons (Fsp3) is 0.923. The summed E-state index contributed by atoms with van der Waals surface area (Å²) in [7, 11) is 0. The van der Waals surface area contributed by atoms with E-state index in [1.54, 1.807) is 0 Å². The lowest BCUT2D eigenvalue weighted by molar-refractivity contribution is -0.136. The number of rotatable bonds is 3. The van der Waals surface area contributed by atoms with Crippen LogP contribution in [-0.2, 0) is 4.79 Å². The van der Waals surface area contributed by atoms with Gasteiger partial charge in [0.1, 0.15) is 0 Å². The van der Waals surface area contributed by atoms with E-state index < -0.39 is 0 Å². The minimum absolute atomic E-state index is 0. The molecule has 0 radical (unpaired) electrons. The van der Waals surface area contributed by atoms with Crippen LogP contribution in [0.2, 0.25) is 0 Å². The minimum atomic E-state index is 0. The van der Waals surface area contributed by atoms with E-state index in [0.29, 0.717) is 24.4 Å².